The molecule has 5 heteroatoms. The Labute approximate surface area is 141 Å². The zero-order valence-corrected chi connectivity index (χ0v) is 13.6. The highest BCUT2D eigenvalue weighted by Crippen LogP contribution is 2.26. The molecule has 116 valence electrons. The molecule has 2 aromatic carbocycles. The van der Waals surface area contributed by atoms with Crippen molar-refractivity contribution < 1.29 is 8.78 Å². The second-order valence-corrected chi connectivity index (χ2v) is 5.88. The summed E-state index contributed by atoms with van der Waals surface area (Å²) in [5, 5.41) is 3.15. The van der Waals surface area contributed by atoms with Crippen molar-refractivity contribution in [1.29, 1.82) is 0 Å². The van der Waals surface area contributed by atoms with Gasteiger partial charge in [-0.3, -0.25) is 4.98 Å². The zero-order chi connectivity index (χ0) is 16.2. The molecule has 0 fully saturated rings. The van der Waals surface area contributed by atoms with Gasteiger partial charge in [0, 0.05) is 30.2 Å². The predicted molar refractivity (Wildman–Crippen MR) is 91.1 cm³/mol. The maximum absolute atomic E-state index is 13.6. The molecule has 2 nitrogen and oxygen atoms in total. The number of hydrogen-bond acceptors (Lipinski definition) is 2. The Morgan fingerprint density at radius 1 is 1.04 bits per heavy atom. The average molecular weight is 375 g/mol. The Balaban J connectivity index is 1.87. The highest BCUT2D eigenvalue weighted by Gasteiger charge is 2.08. The third kappa shape index (κ3) is 3.74. The van der Waals surface area contributed by atoms with Crippen LogP contribution in [0.4, 0.5) is 14.5 Å². The largest absolute Gasteiger partial charge is 0.381 e. The van der Waals surface area contributed by atoms with E-state index in [0.29, 0.717) is 16.7 Å². The van der Waals surface area contributed by atoms with Crippen molar-refractivity contribution in [1.82, 2.24) is 4.98 Å². The van der Waals surface area contributed by atoms with Gasteiger partial charge in [0.15, 0.2) is 0 Å². The van der Waals surface area contributed by atoms with Gasteiger partial charge >= 0.3 is 0 Å². The highest BCUT2D eigenvalue weighted by atomic mass is 79.9. The zero-order valence-electron chi connectivity index (χ0n) is 12.1. The summed E-state index contributed by atoms with van der Waals surface area (Å²) in [4.78, 5) is 4.07. The number of hydrogen-bond donors (Lipinski definition) is 1. The molecular weight excluding hydrogens is 362 g/mol. The molecule has 0 aliphatic carbocycles. The van der Waals surface area contributed by atoms with Gasteiger partial charge in [0.1, 0.15) is 11.6 Å². The number of halogens is 3. The van der Waals surface area contributed by atoms with E-state index < -0.39 is 0 Å². The van der Waals surface area contributed by atoms with Gasteiger partial charge in [0.2, 0.25) is 0 Å². The van der Waals surface area contributed by atoms with Gasteiger partial charge in [-0.1, -0.05) is 12.1 Å². The first-order chi connectivity index (χ1) is 11.1. The lowest BCUT2D eigenvalue weighted by Gasteiger charge is -2.12. The van der Waals surface area contributed by atoms with Crippen molar-refractivity contribution >= 4 is 21.6 Å². The van der Waals surface area contributed by atoms with Crippen LogP contribution in [0.1, 0.15) is 5.56 Å². The molecule has 3 aromatic rings. The van der Waals surface area contributed by atoms with Crippen molar-refractivity contribution in [3.63, 3.8) is 0 Å². The summed E-state index contributed by atoms with van der Waals surface area (Å²) >= 11 is 3.12. The maximum Gasteiger partial charge on any atom is 0.139 e. The van der Waals surface area contributed by atoms with Gasteiger partial charge in [-0.05, 0) is 63.5 Å². The Morgan fingerprint density at radius 3 is 2.65 bits per heavy atom. The number of anilines is 1. The molecule has 1 aromatic heterocycles. The van der Waals surface area contributed by atoms with Crippen LogP contribution in [0.5, 0.6) is 0 Å². The first-order valence-electron chi connectivity index (χ1n) is 7.01. The lowest BCUT2D eigenvalue weighted by Crippen LogP contribution is -2.02. The van der Waals surface area contributed by atoms with Gasteiger partial charge < -0.3 is 5.32 Å². The molecule has 0 saturated carbocycles. The van der Waals surface area contributed by atoms with Crippen molar-refractivity contribution in [2.24, 2.45) is 0 Å². The Morgan fingerprint density at radius 2 is 1.91 bits per heavy atom. The first kappa shape index (κ1) is 15.6. The van der Waals surface area contributed by atoms with Crippen LogP contribution in [-0.2, 0) is 6.54 Å². The van der Waals surface area contributed by atoms with Gasteiger partial charge in [-0.15, -0.1) is 0 Å². The molecule has 23 heavy (non-hydrogen) atoms. The number of aromatic nitrogens is 1. The number of rotatable bonds is 4. The smallest absolute Gasteiger partial charge is 0.139 e. The van der Waals surface area contributed by atoms with Crippen molar-refractivity contribution in [3.05, 3.63) is 82.6 Å². The van der Waals surface area contributed by atoms with Gasteiger partial charge in [0.05, 0.1) is 4.47 Å². The monoisotopic (exact) mass is 374 g/mol. The molecule has 0 amide bonds. The number of nitrogens with one attached hydrogen (secondary N) is 1. The third-order valence-electron chi connectivity index (χ3n) is 3.45. The van der Waals surface area contributed by atoms with Crippen LogP contribution in [0.3, 0.4) is 0 Å². The molecule has 0 unspecified atom stereocenters. The second-order valence-electron chi connectivity index (χ2n) is 5.03. The maximum atomic E-state index is 13.6. The van der Waals surface area contributed by atoms with Crippen LogP contribution in [0.2, 0.25) is 0 Å². The van der Waals surface area contributed by atoms with E-state index in [1.165, 1.54) is 18.2 Å². The fourth-order valence-electron chi connectivity index (χ4n) is 2.30. The molecular formula is C18H13BrF2N2. The van der Waals surface area contributed by atoms with Gasteiger partial charge in [-0.2, -0.15) is 0 Å². The van der Waals surface area contributed by atoms with Crippen LogP contribution in [0.15, 0.2) is 65.4 Å². The molecule has 0 aliphatic heterocycles. The summed E-state index contributed by atoms with van der Waals surface area (Å²) in [6.45, 7) is 0.450. The predicted octanol–water partition coefficient (Wildman–Crippen LogP) is 5.40. The first-order valence-corrected chi connectivity index (χ1v) is 7.80. The van der Waals surface area contributed by atoms with E-state index in [4.69, 9.17) is 0 Å². The number of benzene rings is 2. The van der Waals surface area contributed by atoms with E-state index in [2.05, 4.69) is 26.2 Å². The minimum atomic E-state index is -0.332. The van der Waals surface area contributed by atoms with Crippen LogP contribution >= 0.6 is 15.9 Å². The van der Waals surface area contributed by atoms with E-state index in [1.807, 2.05) is 12.1 Å². The van der Waals surface area contributed by atoms with Crippen LogP contribution in [0.25, 0.3) is 11.1 Å². The molecule has 3 rings (SSSR count). The quantitative estimate of drug-likeness (QED) is 0.660. The Bertz CT molecular complexity index is 823. The van der Waals surface area contributed by atoms with Crippen LogP contribution < -0.4 is 5.32 Å². The van der Waals surface area contributed by atoms with Crippen molar-refractivity contribution in [2.45, 2.75) is 6.54 Å². The molecule has 0 bridgehead atoms. The number of pyridine rings is 1. The summed E-state index contributed by atoms with van der Waals surface area (Å²) in [6, 6.07) is 13.1. The minimum absolute atomic E-state index is 0.303. The van der Waals surface area contributed by atoms with E-state index in [1.54, 1.807) is 30.6 Å². The molecule has 0 spiro atoms. The summed E-state index contributed by atoms with van der Waals surface area (Å²) in [7, 11) is 0. The SMILES string of the molecule is Fc1ccc(CNc2ccc(Br)c(F)c2)c(-c2cccnc2)c1. The molecule has 0 atom stereocenters. The summed E-state index contributed by atoms with van der Waals surface area (Å²) in [5.74, 6) is -0.635. The summed E-state index contributed by atoms with van der Waals surface area (Å²) < 4.78 is 27.6. The summed E-state index contributed by atoms with van der Waals surface area (Å²) in [6.07, 6.45) is 3.36. The molecule has 1 N–H and O–H groups in total. The standard InChI is InChI=1S/C18H13BrF2N2/c19-17-6-5-15(9-18(17)21)23-11-13-3-4-14(20)8-16(13)12-2-1-7-22-10-12/h1-10,23H,11H2. The lowest BCUT2D eigenvalue weighted by atomic mass is 10.0. The average Bonchev–Trinajstić information content (AvgIpc) is 2.57. The van der Waals surface area contributed by atoms with Gasteiger partial charge in [-0.25, -0.2) is 8.78 Å². The van der Waals surface area contributed by atoms with E-state index in [0.717, 1.165) is 16.7 Å². The summed E-state index contributed by atoms with van der Waals surface area (Å²) in [5.41, 5.74) is 3.17. The molecule has 0 saturated heterocycles. The fourth-order valence-corrected chi connectivity index (χ4v) is 2.54. The molecule has 0 aliphatic rings. The van der Waals surface area contributed by atoms with Crippen LogP contribution in [-0.4, -0.2) is 4.98 Å². The molecule has 1 heterocycles. The number of nitrogens with zero attached hydrogens (tertiary/aromatic N) is 1. The van der Waals surface area contributed by atoms with Crippen LogP contribution in [0, 0.1) is 11.6 Å². The van der Waals surface area contributed by atoms with Gasteiger partial charge in [0.25, 0.3) is 0 Å². The van der Waals surface area contributed by atoms with Crippen molar-refractivity contribution in [2.75, 3.05) is 5.32 Å². The lowest BCUT2D eigenvalue weighted by molar-refractivity contribution is 0.621. The third-order valence-corrected chi connectivity index (χ3v) is 4.09. The molecule has 0 radical (unpaired) electrons. The topological polar surface area (TPSA) is 24.9 Å². The second kappa shape index (κ2) is 6.87. The highest BCUT2D eigenvalue weighted by molar-refractivity contribution is 9.10. The minimum Gasteiger partial charge on any atom is -0.381 e. The fraction of sp³-hybridized carbons (Fsp3) is 0.0556. The van der Waals surface area contributed by atoms with E-state index >= 15 is 0 Å². The van der Waals surface area contributed by atoms with E-state index in [-0.39, 0.29) is 11.6 Å². The Hall–Kier alpha value is -2.27. The van der Waals surface area contributed by atoms with E-state index in [9.17, 15) is 8.78 Å². The van der Waals surface area contributed by atoms with Crippen molar-refractivity contribution in [3.8, 4) is 11.1 Å². The Kier molecular flexibility index (Phi) is 4.67. The normalized spacial score (nSPS) is 10.6.